The molecule has 6 heteroatoms. The zero-order chi connectivity index (χ0) is 16.2. The van der Waals surface area contributed by atoms with Crippen LogP contribution in [0.4, 0.5) is 5.69 Å². The van der Waals surface area contributed by atoms with Crippen molar-refractivity contribution in [2.24, 2.45) is 0 Å². The Hall–Kier alpha value is -1.66. The van der Waals surface area contributed by atoms with Gasteiger partial charge in [0.1, 0.15) is 6.10 Å². The normalized spacial score (nSPS) is 21.3. The van der Waals surface area contributed by atoms with Crippen LogP contribution in [0.3, 0.4) is 0 Å². The number of benzene rings is 1. The van der Waals surface area contributed by atoms with E-state index < -0.39 is 0 Å². The highest BCUT2D eigenvalue weighted by atomic mass is 32.1. The molecule has 0 aliphatic carbocycles. The standard InChI is InChI=1S/C17H23N3O2S/c1-13-4-6-14(7-5-13)18-17(23)20-10-8-19(9-11-20)16(21)15-3-2-12-22-15/h4-7,15H,2-3,8-12H2,1H3,(H,18,23)/t15-/m0/s1. The molecule has 0 unspecified atom stereocenters. The molecule has 0 spiro atoms. The van der Waals surface area contributed by atoms with Crippen LogP contribution in [0.25, 0.3) is 0 Å². The fourth-order valence-corrected chi connectivity index (χ4v) is 3.25. The summed E-state index contributed by atoms with van der Waals surface area (Å²) in [4.78, 5) is 16.4. The van der Waals surface area contributed by atoms with Crippen molar-refractivity contribution in [2.45, 2.75) is 25.9 Å². The number of nitrogens with one attached hydrogen (secondary N) is 1. The van der Waals surface area contributed by atoms with Crippen molar-refractivity contribution in [1.82, 2.24) is 9.80 Å². The Bertz CT molecular complexity index is 562. The summed E-state index contributed by atoms with van der Waals surface area (Å²) in [5.41, 5.74) is 2.22. The molecular formula is C17H23N3O2S. The van der Waals surface area contributed by atoms with Gasteiger partial charge < -0.3 is 19.9 Å². The molecule has 0 saturated carbocycles. The number of nitrogens with zero attached hydrogens (tertiary/aromatic N) is 2. The lowest BCUT2D eigenvalue weighted by Crippen LogP contribution is -2.53. The van der Waals surface area contributed by atoms with Crippen molar-refractivity contribution in [2.75, 3.05) is 38.1 Å². The van der Waals surface area contributed by atoms with E-state index in [-0.39, 0.29) is 12.0 Å². The molecule has 2 saturated heterocycles. The van der Waals surface area contributed by atoms with Gasteiger partial charge in [-0.2, -0.15) is 0 Å². The molecule has 5 nitrogen and oxygen atoms in total. The number of rotatable bonds is 2. The van der Waals surface area contributed by atoms with E-state index in [4.69, 9.17) is 17.0 Å². The van der Waals surface area contributed by atoms with Crippen molar-refractivity contribution in [3.8, 4) is 0 Å². The Morgan fingerprint density at radius 2 is 1.83 bits per heavy atom. The molecule has 1 aromatic rings. The Balaban J connectivity index is 1.49. The average Bonchev–Trinajstić information content (AvgIpc) is 3.11. The number of ether oxygens (including phenoxy) is 1. The van der Waals surface area contributed by atoms with Gasteiger partial charge >= 0.3 is 0 Å². The van der Waals surface area contributed by atoms with Gasteiger partial charge in [0, 0.05) is 38.5 Å². The maximum absolute atomic E-state index is 12.3. The molecule has 2 aliphatic rings. The molecule has 0 radical (unpaired) electrons. The van der Waals surface area contributed by atoms with Crippen molar-refractivity contribution in [3.05, 3.63) is 29.8 Å². The Morgan fingerprint density at radius 1 is 1.17 bits per heavy atom. The van der Waals surface area contributed by atoms with E-state index in [1.54, 1.807) is 0 Å². The van der Waals surface area contributed by atoms with Crippen LogP contribution in [0.5, 0.6) is 0 Å². The molecule has 1 amide bonds. The van der Waals surface area contributed by atoms with E-state index in [2.05, 4.69) is 29.3 Å². The molecule has 23 heavy (non-hydrogen) atoms. The van der Waals surface area contributed by atoms with Crippen LogP contribution in [0.1, 0.15) is 18.4 Å². The predicted octanol–water partition coefficient (Wildman–Crippen LogP) is 2.02. The molecule has 1 aromatic carbocycles. The van der Waals surface area contributed by atoms with Gasteiger partial charge in [-0.3, -0.25) is 4.79 Å². The Labute approximate surface area is 142 Å². The minimum Gasteiger partial charge on any atom is -0.368 e. The zero-order valence-electron chi connectivity index (χ0n) is 13.5. The first kappa shape index (κ1) is 16.2. The van der Waals surface area contributed by atoms with Gasteiger partial charge in [0.25, 0.3) is 5.91 Å². The fourth-order valence-electron chi connectivity index (χ4n) is 2.95. The van der Waals surface area contributed by atoms with Crippen molar-refractivity contribution >= 4 is 28.9 Å². The number of hydrogen-bond acceptors (Lipinski definition) is 3. The highest BCUT2D eigenvalue weighted by molar-refractivity contribution is 7.80. The van der Waals surface area contributed by atoms with Crippen LogP contribution >= 0.6 is 12.2 Å². The molecule has 2 aliphatic heterocycles. The summed E-state index contributed by atoms with van der Waals surface area (Å²) in [6, 6.07) is 8.17. The minimum atomic E-state index is -0.223. The molecule has 0 bridgehead atoms. The van der Waals surface area contributed by atoms with Crippen molar-refractivity contribution in [1.29, 1.82) is 0 Å². The zero-order valence-corrected chi connectivity index (χ0v) is 14.3. The lowest BCUT2D eigenvalue weighted by Gasteiger charge is -2.37. The Kier molecular flexibility index (Phi) is 5.13. The molecule has 1 atom stereocenters. The first-order valence-electron chi connectivity index (χ1n) is 8.16. The molecule has 1 N–H and O–H groups in total. The third-order valence-corrected chi connectivity index (χ3v) is 4.75. The largest absolute Gasteiger partial charge is 0.368 e. The number of anilines is 1. The summed E-state index contributed by atoms with van der Waals surface area (Å²) in [6.07, 6.45) is 1.62. The molecular weight excluding hydrogens is 310 g/mol. The van der Waals surface area contributed by atoms with Gasteiger partial charge in [-0.05, 0) is 44.1 Å². The molecule has 0 aromatic heterocycles. The highest BCUT2D eigenvalue weighted by Crippen LogP contribution is 2.16. The lowest BCUT2D eigenvalue weighted by atomic mass is 10.2. The minimum absolute atomic E-state index is 0.138. The van der Waals surface area contributed by atoms with Crippen molar-refractivity contribution < 1.29 is 9.53 Å². The summed E-state index contributed by atoms with van der Waals surface area (Å²) < 4.78 is 5.49. The number of aryl methyl sites for hydroxylation is 1. The quantitative estimate of drug-likeness (QED) is 0.839. The predicted molar refractivity (Wildman–Crippen MR) is 94.5 cm³/mol. The summed E-state index contributed by atoms with van der Waals surface area (Å²) in [5, 5.41) is 3.99. The van der Waals surface area contributed by atoms with Crippen LogP contribution in [-0.2, 0) is 9.53 Å². The van der Waals surface area contributed by atoms with Crippen LogP contribution in [-0.4, -0.2) is 59.7 Å². The fraction of sp³-hybridized carbons (Fsp3) is 0.529. The number of amides is 1. The number of carbonyl (C=O) groups excluding carboxylic acids is 1. The van der Waals surface area contributed by atoms with E-state index in [0.717, 1.165) is 36.7 Å². The van der Waals surface area contributed by atoms with Gasteiger partial charge in [-0.25, -0.2) is 0 Å². The van der Waals surface area contributed by atoms with Crippen LogP contribution in [0, 0.1) is 6.92 Å². The van der Waals surface area contributed by atoms with Gasteiger partial charge in [-0.1, -0.05) is 17.7 Å². The van der Waals surface area contributed by atoms with Crippen molar-refractivity contribution in [3.63, 3.8) is 0 Å². The first-order chi connectivity index (χ1) is 11.1. The van der Waals surface area contributed by atoms with Crippen LogP contribution < -0.4 is 5.32 Å². The SMILES string of the molecule is Cc1ccc(NC(=S)N2CCN(C(=O)[C@@H]3CCCO3)CC2)cc1. The third-order valence-electron chi connectivity index (χ3n) is 4.39. The third kappa shape index (κ3) is 4.00. The van der Waals surface area contributed by atoms with Gasteiger partial charge in [0.15, 0.2) is 5.11 Å². The Morgan fingerprint density at radius 3 is 2.43 bits per heavy atom. The maximum Gasteiger partial charge on any atom is 0.251 e. The molecule has 2 heterocycles. The van der Waals surface area contributed by atoms with E-state index in [1.807, 2.05) is 17.0 Å². The summed E-state index contributed by atoms with van der Waals surface area (Å²) in [6.45, 7) is 5.70. The second kappa shape index (κ2) is 7.27. The monoisotopic (exact) mass is 333 g/mol. The first-order valence-corrected chi connectivity index (χ1v) is 8.57. The summed E-state index contributed by atoms with van der Waals surface area (Å²) in [5.74, 6) is 0.138. The van der Waals surface area contributed by atoms with Gasteiger partial charge in [-0.15, -0.1) is 0 Å². The maximum atomic E-state index is 12.3. The number of carbonyl (C=O) groups is 1. The van der Waals surface area contributed by atoms with E-state index in [9.17, 15) is 4.79 Å². The topological polar surface area (TPSA) is 44.8 Å². The molecule has 2 fully saturated rings. The second-order valence-electron chi connectivity index (χ2n) is 6.11. The van der Waals surface area contributed by atoms with Gasteiger partial charge in [0.05, 0.1) is 0 Å². The lowest BCUT2D eigenvalue weighted by molar-refractivity contribution is -0.142. The molecule has 3 rings (SSSR count). The van der Waals surface area contributed by atoms with E-state index in [0.29, 0.717) is 19.7 Å². The smallest absolute Gasteiger partial charge is 0.251 e. The number of hydrogen-bond donors (Lipinski definition) is 1. The highest BCUT2D eigenvalue weighted by Gasteiger charge is 2.30. The molecule has 124 valence electrons. The van der Waals surface area contributed by atoms with E-state index >= 15 is 0 Å². The van der Waals surface area contributed by atoms with Crippen LogP contribution in [0.2, 0.25) is 0 Å². The summed E-state index contributed by atoms with van der Waals surface area (Å²) in [7, 11) is 0. The second-order valence-corrected chi connectivity index (χ2v) is 6.50. The van der Waals surface area contributed by atoms with Crippen LogP contribution in [0.15, 0.2) is 24.3 Å². The number of piperazine rings is 1. The number of thiocarbonyl (C=S) groups is 1. The van der Waals surface area contributed by atoms with E-state index in [1.165, 1.54) is 5.56 Å². The average molecular weight is 333 g/mol. The van der Waals surface area contributed by atoms with Gasteiger partial charge in [0.2, 0.25) is 0 Å². The summed E-state index contributed by atoms with van der Waals surface area (Å²) >= 11 is 5.49.